The van der Waals surface area contributed by atoms with E-state index < -0.39 is 0 Å². The Bertz CT molecular complexity index is 8930. The second kappa shape index (κ2) is 32.9. The predicted molar refractivity (Wildman–Crippen MR) is 588 cm³/mol. The molecule has 0 saturated carbocycles. The zero-order valence-corrected chi connectivity index (χ0v) is 76.5. The molecule has 0 amide bonds. The van der Waals surface area contributed by atoms with Crippen molar-refractivity contribution < 1.29 is 0 Å². The van der Waals surface area contributed by atoms with E-state index in [1.165, 1.54) is 0 Å². The Hall–Kier alpha value is -19.1. The number of benzene rings is 21. The largest absolute Gasteiger partial charge is 0.310 e. The van der Waals surface area contributed by atoms with E-state index in [1.54, 1.807) is 0 Å². The molecule has 141 heavy (non-hydrogen) atoms. The van der Waals surface area contributed by atoms with E-state index in [1.807, 2.05) is 0 Å². The highest BCUT2D eigenvalue weighted by Crippen LogP contribution is 2.53. The molecule has 0 unspecified atom stereocenters. The molecular formula is C130H85N11. The highest BCUT2D eigenvalue weighted by atomic mass is 15.2. The Morgan fingerprint density at radius 3 is 0.645 bits per heavy atom. The van der Waals surface area contributed by atoms with Gasteiger partial charge < -0.3 is 42.1 Å². The maximum absolute atomic E-state index is 6.01. The molecule has 7 aromatic heterocycles. The number of nitrogens with zero attached hydrogens (tertiary/aromatic N) is 11. The van der Waals surface area contributed by atoms with Gasteiger partial charge in [0.2, 0.25) is 0 Å². The van der Waals surface area contributed by atoms with Crippen LogP contribution in [-0.4, -0.2) is 37.4 Å². The van der Waals surface area contributed by atoms with Gasteiger partial charge in [0.25, 0.3) is 0 Å². The molecular weight excluding hydrogens is 1720 g/mol. The van der Waals surface area contributed by atoms with Crippen LogP contribution in [0.15, 0.2) is 516 Å². The maximum atomic E-state index is 6.01. The van der Waals surface area contributed by atoms with Gasteiger partial charge in [-0.2, -0.15) is 0 Å². The molecule has 0 aliphatic heterocycles. The summed E-state index contributed by atoms with van der Waals surface area (Å²) in [5.74, 6) is 0.548. The maximum Gasteiger partial charge on any atom is 0.160 e. The van der Waals surface area contributed by atoms with E-state index in [4.69, 9.17) is 9.97 Å². The Morgan fingerprint density at radius 1 is 0.142 bits per heavy atom. The summed E-state index contributed by atoms with van der Waals surface area (Å²) in [5.41, 5.74) is 32.8. The highest BCUT2D eigenvalue weighted by Gasteiger charge is 2.30. The number of anilines is 9. The van der Waals surface area contributed by atoms with Gasteiger partial charge >= 0.3 is 0 Å². The summed E-state index contributed by atoms with van der Waals surface area (Å²) in [6.07, 6.45) is 0. The lowest BCUT2D eigenvalue weighted by atomic mass is 10.0. The van der Waals surface area contributed by atoms with E-state index in [0.29, 0.717) is 5.82 Å². The van der Waals surface area contributed by atoms with E-state index in [0.717, 1.165) is 244 Å². The molecule has 11 heteroatoms. The van der Waals surface area contributed by atoms with Crippen molar-refractivity contribution in [3.8, 4) is 68.0 Å². The first-order chi connectivity index (χ1) is 70.0. The van der Waals surface area contributed by atoms with Gasteiger partial charge in [-0.1, -0.05) is 273 Å². The van der Waals surface area contributed by atoms with E-state index in [2.05, 4.69) is 558 Å². The first-order valence-corrected chi connectivity index (χ1v) is 48.1. The van der Waals surface area contributed by atoms with Gasteiger partial charge in [0.05, 0.1) is 94.7 Å². The van der Waals surface area contributed by atoms with Crippen molar-refractivity contribution >= 4 is 182 Å². The van der Waals surface area contributed by atoms with Gasteiger partial charge in [-0.15, -0.1) is 0 Å². The molecule has 0 radical (unpaired) electrons. The van der Waals surface area contributed by atoms with Crippen LogP contribution in [-0.2, 0) is 0 Å². The van der Waals surface area contributed by atoms with E-state index in [9.17, 15) is 0 Å². The fraction of sp³-hybridized carbons (Fsp3) is 0. The molecule has 0 spiro atoms. The number of rotatable bonds is 18. The topological polar surface area (TPSA) is 65.1 Å². The number of aromatic nitrogens is 8. The summed E-state index contributed by atoms with van der Waals surface area (Å²) in [7, 11) is 0. The summed E-state index contributed by atoms with van der Waals surface area (Å²) < 4.78 is 14.4. The van der Waals surface area contributed by atoms with Gasteiger partial charge in [-0.25, -0.2) is 9.97 Å². The third-order valence-corrected chi connectivity index (χ3v) is 28.5. The predicted octanol–water partition coefficient (Wildman–Crippen LogP) is 34.5. The summed E-state index contributed by atoms with van der Waals surface area (Å²) in [5, 5.41) is 13.7. The van der Waals surface area contributed by atoms with Gasteiger partial charge in [0.1, 0.15) is 0 Å². The van der Waals surface area contributed by atoms with Crippen molar-refractivity contribution in [2.75, 3.05) is 14.7 Å². The van der Waals surface area contributed by atoms with Crippen LogP contribution in [0.25, 0.3) is 199 Å². The van der Waals surface area contributed by atoms with Gasteiger partial charge in [-0.3, -0.25) is 0 Å². The molecule has 0 aliphatic rings. The lowest BCUT2D eigenvalue weighted by molar-refractivity contribution is 1.17. The fourth-order valence-electron chi connectivity index (χ4n) is 22.5. The van der Waals surface area contributed by atoms with Crippen LogP contribution in [0.1, 0.15) is 0 Å². The summed E-state index contributed by atoms with van der Waals surface area (Å²) in [6, 6.07) is 188. The minimum absolute atomic E-state index is 0.548. The van der Waals surface area contributed by atoms with Crippen LogP contribution in [0.2, 0.25) is 0 Å². The second-order valence-electron chi connectivity index (χ2n) is 36.4. The molecule has 21 aromatic carbocycles. The SMILES string of the molecule is c1ccc(-n2c3ccccc3c3cc(N(c4cccc(-c5cc(-c6cccc(N(c7ccc8c(c7)c7ccccc7n8-c7ccccc7)c7cccc8c7c7ccccc7n8-c7ccccc7)c6)nc(-c6cccc(N(c7ccc8c(c7)c7ccccc7n8-c7ccccc7)c7cccc8c7c7ccccc7n8-c7ccccc7)c6)n5)c4)c4cccc5c4c4ccccc4n5-c4ccccc4)ccc32)cc1. The van der Waals surface area contributed by atoms with Crippen LogP contribution in [0.3, 0.4) is 0 Å². The standard InChI is InChI=1S/C130H85N11/c1-7-40-89(41-8-1)136-112-61-25-19-55-101(112)107-82-98(73-76-118(107)136)133(121-67-34-70-124-127(121)104-58-22-28-64-115(104)139(124)92-46-13-4-14-47-92)95-52-31-37-86(79-95)110-85-111(87-38-32-53-96(80-87)134(99-74-77-119-108(83-99)102-56-20-26-62-113(102)137(119)90-42-9-2-10-43-90)122-68-35-71-125-128(122)105-59-23-29-65-116(105)140(125)93-48-15-5-16-49-93)132-130(131-110)88-39-33-54-97(81-88)135(100-75-78-120-109(84-100)103-57-21-27-63-114(103)138(120)91-44-11-3-12-45-91)123-69-36-72-126-129(123)106-60-24-30-66-117(106)141(126)94-50-17-6-18-51-94/h1-85H. The Kier molecular flexibility index (Phi) is 18.7. The van der Waals surface area contributed by atoms with Crippen molar-refractivity contribution in [3.63, 3.8) is 0 Å². The second-order valence-corrected chi connectivity index (χ2v) is 36.4. The van der Waals surface area contributed by atoms with Crippen LogP contribution in [0.5, 0.6) is 0 Å². The molecule has 28 aromatic rings. The van der Waals surface area contributed by atoms with Crippen molar-refractivity contribution in [1.82, 2.24) is 37.4 Å². The molecule has 0 atom stereocenters. The van der Waals surface area contributed by atoms with E-state index >= 15 is 0 Å². The third kappa shape index (κ3) is 13.1. The van der Waals surface area contributed by atoms with Crippen LogP contribution in [0, 0.1) is 0 Å². The van der Waals surface area contributed by atoms with Gasteiger partial charge in [0, 0.05) is 150 Å². The molecule has 0 saturated heterocycles. The zero-order valence-electron chi connectivity index (χ0n) is 76.5. The van der Waals surface area contributed by atoms with Crippen molar-refractivity contribution in [1.29, 1.82) is 0 Å². The number of para-hydroxylation sites is 12. The van der Waals surface area contributed by atoms with Gasteiger partial charge in [-0.05, 0) is 243 Å². The molecule has 7 heterocycles. The first-order valence-electron chi connectivity index (χ1n) is 48.1. The normalized spacial score (nSPS) is 11.8. The molecule has 0 fully saturated rings. The number of fused-ring (bicyclic) bond motifs is 18. The average molecular weight is 1800 g/mol. The minimum Gasteiger partial charge on any atom is -0.310 e. The molecule has 0 aliphatic carbocycles. The molecule has 0 bridgehead atoms. The summed E-state index contributed by atoms with van der Waals surface area (Å²) in [4.78, 5) is 19.4. The van der Waals surface area contributed by atoms with E-state index in [-0.39, 0.29) is 0 Å². The average Bonchev–Trinajstić information content (AvgIpc) is 1.58. The Balaban J connectivity index is 0.685. The monoisotopic (exact) mass is 1800 g/mol. The van der Waals surface area contributed by atoms with Crippen molar-refractivity contribution in [2.45, 2.75) is 0 Å². The smallest absolute Gasteiger partial charge is 0.160 e. The Morgan fingerprint density at radius 2 is 0.355 bits per heavy atom. The lowest BCUT2D eigenvalue weighted by Crippen LogP contribution is -2.11. The summed E-state index contributed by atoms with van der Waals surface area (Å²) >= 11 is 0. The van der Waals surface area contributed by atoms with Crippen LogP contribution >= 0.6 is 0 Å². The molecule has 11 nitrogen and oxygen atoms in total. The highest BCUT2D eigenvalue weighted by molar-refractivity contribution is 6.22. The first kappa shape index (κ1) is 80.4. The molecule has 0 N–H and O–H groups in total. The molecule has 28 rings (SSSR count). The van der Waals surface area contributed by atoms with Crippen molar-refractivity contribution in [2.24, 2.45) is 0 Å². The van der Waals surface area contributed by atoms with Crippen LogP contribution in [0.4, 0.5) is 51.2 Å². The third-order valence-electron chi connectivity index (χ3n) is 28.5. The number of hydrogen-bond donors (Lipinski definition) is 0. The Labute approximate surface area is 812 Å². The summed E-state index contributed by atoms with van der Waals surface area (Å²) in [6.45, 7) is 0. The van der Waals surface area contributed by atoms with Crippen LogP contribution < -0.4 is 14.7 Å². The van der Waals surface area contributed by atoms with Gasteiger partial charge in [0.15, 0.2) is 5.82 Å². The van der Waals surface area contributed by atoms with Crippen molar-refractivity contribution in [3.05, 3.63) is 516 Å². The quantitative estimate of drug-likeness (QED) is 0.0856. The minimum atomic E-state index is 0.548. The zero-order chi connectivity index (χ0) is 92.7. The fourth-order valence-corrected chi connectivity index (χ4v) is 22.5. The number of hydrogen-bond acceptors (Lipinski definition) is 5. The molecule has 660 valence electrons. The lowest BCUT2D eigenvalue weighted by Gasteiger charge is -2.28.